The first-order chi connectivity index (χ1) is 8.40. The van der Waals surface area contributed by atoms with Crippen LogP contribution in [-0.2, 0) is 17.2 Å². The van der Waals surface area contributed by atoms with Crippen molar-refractivity contribution in [2.45, 2.75) is 45.4 Å². The average Bonchev–Trinajstić information content (AvgIpc) is 2.28. The summed E-state index contributed by atoms with van der Waals surface area (Å²) in [5, 5.41) is 0.177. The molecule has 2 N–H and O–H groups in total. The van der Waals surface area contributed by atoms with Gasteiger partial charge in [-0.05, 0) is 23.5 Å². The van der Waals surface area contributed by atoms with Gasteiger partial charge in [-0.15, -0.1) is 0 Å². The van der Waals surface area contributed by atoms with Crippen molar-refractivity contribution in [3.8, 4) is 0 Å². The molecule has 3 heteroatoms. The van der Waals surface area contributed by atoms with E-state index in [1.165, 1.54) is 5.56 Å². The van der Waals surface area contributed by atoms with E-state index in [9.17, 15) is 4.21 Å². The van der Waals surface area contributed by atoms with E-state index in [4.69, 9.17) is 5.73 Å². The second kappa shape index (κ2) is 7.05. The lowest BCUT2D eigenvalue weighted by Gasteiger charge is -2.14. The number of hydrogen-bond donors (Lipinski definition) is 1. The first-order valence-corrected chi connectivity index (χ1v) is 8.00. The van der Waals surface area contributed by atoms with E-state index in [0.29, 0.717) is 11.7 Å². The van der Waals surface area contributed by atoms with Gasteiger partial charge in [0.25, 0.3) is 0 Å². The molecule has 0 amide bonds. The monoisotopic (exact) mass is 267 g/mol. The summed E-state index contributed by atoms with van der Waals surface area (Å²) in [4.78, 5) is 0. The van der Waals surface area contributed by atoms with Crippen molar-refractivity contribution in [1.29, 1.82) is 0 Å². The molecule has 0 aromatic heterocycles. The van der Waals surface area contributed by atoms with Gasteiger partial charge in [0.05, 0.1) is 0 Å². The molecule has 0 aliphatic carbocycles. The third-order valence-corrected chi connectivity index (χ3v) is 4.66. The van der Waals surface area contributed by atoms with Crippen LogP contribution in [0.1, 0.15) is 44.9 Å². The van der Waals surface area contributed by atoms with Gasteiger partial charge in [0.1, 0.15) is 0 Å². The molecule has 1 aromatic rings. The first kappa shape index (κ1) is 15.4. The number of nitrogens with two attached hydrogens (primary N) is 1. The summed E-state index contributed by atoms with van der Waals surface area (Å²) >= 11 is 0. The summed E-state index contributed by atoms with van der Waals surface area (Å²) in [6.45, 7) is 8.36. The van der Waals surface area contributed by atoms with E-state index in [1.54, 1.807) is 0 Å². The molecule has 1 rings (SSSR count). The van der Waals surface area contributed by atoms with Crippen molar-refractivity contribution < 1.29 is 4.21 Å². The maximum Gasteiger partial charge on any atom is 0.0431 e. The highest BCUT2D eigenvalue weighted by Gasteiger charge is 2.13. The first-order valence-electron chi connectivity index (χ1n) is 6.61. The quantitative estimate of drug-likeness (QED) is 0.861. The van der Waals surface area contributed by atoms with Crippen molar-refractivity contribution in [2.75, 3.05) is 5.75 Å². The average molecular weight is 267 g/mol. The Morgan fingerprint density at radius 2 is 1.67 bits per heavy atom. The third-order valence-electron chi connectivity index (χ3n) is 2.92. The zero-order chi connectivity index (χ0) is 13.7. The van der Waals surface area contributed by atoms with Crippen LogP contribution in [0, 0.1) is 5.92 Å². The van der Waals surface area contributed by atoms with Gasteiger partial charge in [0.15, 0.2) is 0 Å². The van der Waals surface area contributed by atoms with E-state index in [0.717, 1.165) is 12.0 Å². The SMILES string of the molecule is CC(C)Cc1ccc(C(N)CS(=O)C(C)C)cc1. The van der Waals surface area contributed by atoms with Gasteiger partial charge >= 0.3 is 0 Å². The lowest BCUT2D eigenvalue weighted by Crippen LogP contribution is -2.22. The van der Waals surface area contributed by atoms with Gasteiger partial charge in [-0.25, -0.2) is 0 Å². The Hall–Kier alpha value is -0.670. The van der Waals surface area contributed by atoms with Crippen LogP contribution in [0.3, 0.4) is 0 Å². The molecular weight excluding hydrogens is 242 g/mol. The molecule has 0 fully saturated rings. The van der Waals surface area contributed by atoms with E-state index in [-0.39, 0.29) is 11.3 Å². The second-order valence-electron chi connectivity index (χ2n) is 5.54. The van der Waals surface area contributed by atoms with Crippen LogP contribution in [0.15, 0.2) is 24.3 Å². The Morgan fingerprint density at radius 3 is 2.11 bits per heavy atom. The van der Waals surface area contributed by atoms with Crippen LogP contribution >= 0.6 is 0 Å². The highest BCUT2D eigenvalue weighted by Crippen LogP contribution is 2.16. The molecule has 1 aromatic carbocycles. The van der Waals surface area contributed by atoms with Crippen molar-refractivity contribution in [3.05, 3.63) is 35.4 Å². The molecule has 0 saturated heterocycles. The summed E-state index contributed by atoms with van der Waals surface area (Å²) in [6, 6.07) is 8.28. The second-order valence-corrected chi connectivity index (χ2v) is 7.58. The fourth-order valence-electron chi connectivity index (χ4n) is 1.84. The van der Waals surface area contributed by atoms with Crippen molar-refractivity contribution in [2.24, 2.45) is 11.7 Å². The van der Waals surface area contributed by atoms with E-state index >= 15 is 0 Å². The zero-order valence-corrected chi connectivity index (χ0v) is 12.7. The molecule has 102 valence electrons. The summed E-state index contributed by atoms with van der Waals surface area (Å²) in [6.07, 6.45) is 1.09. The summed E-state index contributed by atoms with van der Waals surface area (Å²) in [5.41, 5.74) is 8.51. The van der Waals surface area contributed by atoms with Crippen LogP contribution in [0.4, 0.5) is 0 Å². The summed E-state index contributed by atoms with van der Waals surface area (Å²) in [5.74, 6) is 1.21. The predicted octanol–water partition coefficient (Wildman–Crippen LogP) is 3.04. The maximum absolute atomic E-state index is 11.8. The minimum atomic E-state index is -0.842. The molecule has 18 heavy (non-hydrogen) atoms. The number of rotatable bonds is 6. The Kier molecular flexibility index (Phi) is 6.03. The topological polar surface area (TPSA) is 43.1 Å². The van der Waals surface area contributed by atoms with Gasteiger partial charge in [0.2, 0.25) is 0 Å². The van der Waals surface area contributed by atoms with Crippen molar-refractivity contribution >= 4 is 10.8 Å². The van der Waals surface area contributed by atoms with Gasteiger partial charge in [-0.3, -0.25) is 4.21 Å². The van der Waals surface area contributed by atoms with Crippen molar-refractivity contribution in [3.63, 3.8) is 0 Å². The molecule has 0 heterocycles. The van der Waals surface area contributed by atoms with Crippen LogP contribution < -0.4 is 5.73 Å². The van der Waals surface area contributed by atoms with Gasteiger partial charge in [-0.2, -0.15) is 0 Å². The van der Waals surface area contributed by atoms with Crippen LogP contribution in [0.25, 0.3) is 0 Å². The molecule has 0 radical (unpaired) electrons. The normalized spacial score (nSPS) is 15.1. The smallest absolute Gasteiger partial charge is 0.0431 e. The Balaban J connectivity index is 2.64. The molecule has 0 aliphatic rings. The molecule has 0 aliphatic heterocycles. The lowest BCUT2D eigenvalue weighted by atomic mass is 10.0. The van der Waals surface area contributed by atoms with Crippen molar-refractivity contribution in [1.82, 2.24) is 0 Å². The largest absolute Gasteiger partial charge is 0.323 e. The standard InChI is InChI=1S/C15H25NOS/c1-11(2)9-13-5-7-14(8-6-13)15(16)10-18(17)12(3)4/h5-8,11-12,15H,9-10,16H2,1-4H3. The predicted molar refractivity (Wildman–Crippen MR) is 80.1 cm³/mol. The molecule has 0 bridgehead atoms. The third kappa shape index (κ3) is 4.91. The summed E-state index contributed by atoms with van der Waals surface area (Å²) < 4.78 is 11.8. The fraction of sp³-hybridized carbons (Fsp3) is 0.600. The van der Waals surface area contributed by atoms with Gasteiger partial charge in [0, 0.05) is 27.8 Å². The molecule has 2 atom stereocenters. The molecule has 2 unspecified atom stereocenters. The minimum absolute atomic E-state index is 0.124. The molecule has 0 saturated carbocycles. The van der Waals surface area contributed by atoms with Crippen LogP contribution in [0.5, 0.6) is 0 Å². The van der Waals surface area contributed by atoms with E-state index in [2.05, 4.69) is 38.1 Å². The highest BCUT2D eigenvalue weighted by atomic mass is 32.2. The Morgan fingerprint density at radius 1 is 1.11 bits per heavy atom. The highest BCUT2D eigenvalue weighted by molar-refractivity contribution is 7.85. The van der Waals surface area contributed by atoms with Crippen LogP contribution in [0.2, 0.25) is 0 Å². The van der Waals surface area contributed by atoms with E-state index < -0.39 is 10.8 Å². The molecule has 2 nitrogen and oxygen atoms in total. The minimum Gasteiger partial charge on any atom is -0.323 e. The van der Waals surface area contributed by atoms with Gasteiger partial charge < -0.3 is 5.73 Å². The Bertz CT molecular complexity index is 384. The van der Waals surface area contributed by atoms with Crippen LogP contribution in [-0.4, -0.2) is 15.2 Å². The number of hydrogen-bond acceptors (Lipinski definition) is 2. The zero-order valence-electron chi connectivity index (χ0n) is 11.8. The summed E-state index contributed by atoms with van der Waals surface area (Å²) in [7, 11) is -0.842. The molecule has 0 spiro atoms. The molecular formula is C15H25NOS. The maximum atomic E-state index is 11.8. The number of benzene rings is 1. The van der Waals surface area contributed by atoms with Gasteiger partial charge in [-0.1, -0.05) is 52.0 Å². The fourth-order valence-corrected chi connectivity index (χ4v) is 2.77. The van der Waals surface area contributed by atoms with E-state index in [1.807, 2.05) is 13.8 Å². The Labute approximate surface area is 113 Å². The lowest BCUT2D eigenvalue weighted by molar-refractivity contribution is 0.646.